The van der Waals surface area contributed by atoms with Crippen LogP contribution in [0, 0.1) is 0 Å². The second-order valence-electron chi connectivity index (χ2n) is 16.4. The minimum atomic E-state index is -0.425. The van der Waals surface area contributed by atoms with E-state index in [1.807, 2.05) is 60.7 Å². The molecule has 0 unspecified atom stereocenters. The Morgan fingerprint density at radius 1 is 0.415 bits per heavy atom. The van der Waals surface area contributed by atoms with Crippen molar-refractivity contribution in [2.24, 2.45) is 0 Å². The quantitative estimate of drug-likeness (QED) is 0.0556. The maximum Gasteiger partial charge on any atom is 0.337 e. The number of nitrogens with one attached hydrogen (secondary N) is 2. The number of fused-ring (bicyclic) bond motifs is 8. The number of rotatable bonds is 16. The third-order valence-electron chi connectivity index (χ3n) is 12.2. The molecule has 3 aromatic heterocycles. The average Bonchev–Trinajstić information content (AvgIpc) is 4.20. The number of unbranched alkanes of at least 4 members (excludes halogenated alkanes) is 8. The van der Waals surface area contributed by atoms with Gasteiger partial charge in [-0.1, -0.05) is 94.7 Å². The van der Waals surface area contributed by atoms with Gasteiger partial charge in [-0.3, -0.25) is 0 Å². The molecule has 0 aliphatic carbocycles. The molecule has 65 heavy (non-hydrogen) atoms. The van der Waals surface area contributed by atoms with E-state index in [1.54, 1.807) is 36.4 Å². The highest BCUT2D eigenvalue weighted by atomic mass is 16.5. The van der Waals surface area contributed by atoms with Crippen molar-refractivity contribution in [3.05, 3.63) is 142 Å². The fraction of sp³-hybridized carbons (Fsp3) is 0.255. The van der Waals surface area contributed by atoms with Gasteiger partial charge in [-0.25, -0.2) is 24.4 Å². The van der Waals surface area contributed by atoms with Crippen LogP contribution in [0.1, 0.15) is 124 Å². The van der Waals surface area contributed by atoms with Gasteiger partial charge in [0, 0.05) is 44.3 Å². The molecule has 2 aliphatic heterocycles. The maximum atomic E-state index is 12.5. The smallest absolute Gasteiger partial charge is 0.337 e. The Morgan fingerprint density at radius 3 is 1.12 bits per heavy atom. The van der Waals surface area contributed by atoms with Crippen LogP contribution in [0.5, 0.6) is 0 Å². The van der Waals surface area contributed by atoms with Gasteiger partial charge < -0.3 is 24.2 Å². The summed E-state index contributed by atoms with van der Waals surface area (Å²) in [5.41, 5.74) is 14.1. The second-order valence-corrected chi connectivity index (χ2v) is 16.4. The molecule has 5 heterocycles. The number of hydrogen-bond acceptors (Lipinski definition) is 8. The summed E-state index contributed by atoms with van der Waals surface area (Å²) in [4.78, 5) is 55.8. The lowest BCUT2D eigenvalue weighted by Crippen LogP contribution is -2.00. The molecule has 0 saturated carbocycles. The lowest BCUT2D eigenvalue weighted by Gasteiger charge is -2.08. The second kappa shape index (κ2) is 20.5. The third-order valence-corrected chi connectivity index (χ3v) is 12.2. The van der Waals surface area contributed by atoms with Gasteiger partial charge in [-0.05, 0) is 114 Å². The van der Waals surface area contributed by atoms with Crippen molar-refractivity contribution in [3.8, 4) is 33.4 Å². The summed E-state index contributed by atoms with van der Waals surface area (Å²) < 4.78 is 15.0. The number of carbonyl (C=O) groups is 3. The molecule has 2 N–H and O–H groups in total. The van der Waals surface area contributed by atoms with Crippen LogP contribution in [0.25, 0.3) is 79.8 Å². The van der Waals surface area contributed by atoms with Gasteiger partial charge in [0.15, 0.2) is 0 Å². The van der Waals surface area contributed by atoms with Crippen LogP contribution in [0.3, 0.4) is 0 Å². The fourth-order valence-corrected chi connectivity index (χ4v) is 8.72. The molecule has 0 fully saturated rings. The highest BCUT2D eigenvalue weighted by molar-refractivity contribution is 5.99. The lowest BCUT2D eigenvalue weighted by atomic mass is 10.0. The number of aromatic nitrogens is 4. The zero-order valence-electron chi connectivity index (χ0n) is 37.5. The number of methoxy groups -OCH3 is 3. The molecule has 8 bridgehead atoms. The Morgan fingerprint density at radius 2 is 0.738 bits per heavy atom. The van der Waals surface area contributed by atoms with Crippen molar-refractivity contribution in [1.82, 2.24) is 19.9 Å². The van der Waals surface area contributed by atoms with E-state index in [0.29, 0.717) is 22.4 Å². The summed E-state index contributed by atoms with van der Waals surface area (Å²) in [6.07, 6.45) is 20.1. The molecule has 2 aliphatic rings. The van der Waals surface area contributed by atoms with Crippen LogP contribution < -0.4 is 0 Å². The number of nitrogens with zero attached hydrogens (tertiary/aromatic N) is 2. The number of benzene rings is 3. The van der Waals surface area contributed by atoms with Gasteiger partial charge in [-0.15, -0.1) is 0 Å². The Kier molecular flexibility index (Phi) is 13.9. The van der Waals surface area contributed by atoms with Crippen LogP contribution in [-0.2, 0) is 20.6 Å². The summed E-state index contributed by atoms with van der Waals surface area (Å²) in [6.45, 7) is 2.25. The standard InChI is InChI=1S/C55H54N4O6/c1-5-6-7-8-9-10-11-12-13-14-41-42-27-29-44(56-42)50(35-15-21-38(22-16-35)53(60)63-2)46-31-33-48(58-46)52(37-19-25-40(26-20-37)55(62)65-4)49-34-32-47(59-49)51(45-30-28-43(41)57-45)36-17-23-39(24-18-36)54(61)64-3/h15-34,56,59H,5-14H2,1-4H3. The molecule has 8 rings (SSSR count). The predicted molar refractivity (Wildman–Crippen MR) is 260 cm³/mol. The predicted octanol–water partition coefficient (Wildman–Crippen LogP) is 13.1. The monoisotopic (exact) mass is 866 g/mol. The van der Waals surface area contributed by atoms with E-state index in [-0.39, 0.29) is 0 Å². The van der Waals surface area contributed by atoms with Gasteiger partial charge >= 0.3 is 17.9 Å². The van der Waals surface area contributed by atoms with Crippen LogP contribution in [-0.4, -0.2) is 59.2 Å². The van der Waals surface area contributed by atoms with E-state index >= 15 is 0 Å². The summed E-state index contributed by atoms with van der Waals surface area (Å²) >= 11 is 0. The first-order valence-electron chi connectivity index (χ1n) is 22.5. The minimum absolute atomic E-state index is 0.408. The number of ether oxygens (including phenoxy) is 3. The molecule has 6 aromatic rings. The Labute approximate surface area is 379 Å². The number of H-pyrrole nitrogens is 2. The van der Waals surface area contributed by atoms with Gasteiger partial charge in [-0.2, -0.15) is 0 Å². The lowest BCUT2D eigenvalue weighted by molar-refractivity contribution is 0.0592. The Balaban J connectivity index is 1.38. The minimum Gasteiger partial charge on any atom is -0.465 e. The SMILES string of the molecule is CCCCCCCCCCCc1c2nc(c(-c3ccc(C(=O)OC)cc3)c3ccc([nH]3)c(-c3ccc(C(=O)OC)cc3)c3nc(c(-c4ccc(C(=O)OC)cc4)c4ccc1[nH]4)C=C3)C=C2. The summed E-state index contributed by atoms with van der Waals surface area (Å²) in [6, 6.07) is 30.4. The van der Waals surface area contributed by atoms with Gasteiger partial charge in [0.1, 0.15) is 0 Å². The van der Waals surface area contributed by atoms with E-state index in [4.69, 9.17) is 24.2 Å². The molecule has 0 saturated heterocycles. The highest BCUT2D eigenvalue weighted by Crippen LogP contribution is 2.37. The van der Waals surface area contributed by atoms with E-state index in [2.05, 4.69) is 41.2 Å². The van der Waals surface area contributed by atoms with Crippen molar-refractivity contribution in [2.45, 2.75) is 71.1 Å². The largest absolute Gasteiger partial charge is 0.465 e. The van der Waals surface area contributed by atoms with Gasteiger partial charge in [0.2, 0.25) is 0 Å². The van der Waals surface area contributed by atoms with Gasteiger partial charge in [0.25, 0.3) is 0 Å². The summed E-state index contributed by atoms with van der Waals surface area (Å²) in [5, 5.41) is 0. The molecule has 10 nitrogen and oxygen atoms in total. The molecule has 0 atom stereocenters. The Bertz CT molecular complexity index is 2880. The molecule has 330 valence electrons. The molecule has 3 aromatic carbocycles. The molecular formula is C55H54N4O6. The zero-order valence-corrected chi connectivity index (χ0v) is 37.5. The number of aryl methyl sites for hydroxylation is 1. The molecule has 0 amide bonds. The number of hydrogen-bond donors (Lipinski definition) is 2. The number of esters is 3. The summed E-state index contributed by atoms with van der Waals surface area (Å²) in [7, 11) is 4.12. The fourth-order valence-electron chi connectivity index (χ4n) is 8.72. The molecule has 10 heteroatoms. The van der Waals surface area contributed by atoms with E-state index in [1.165, 1.54) is 66.3 Å². The Hall–Kier alpha value is -7.33. The van der Waals surface area contributed by atoms with Crippen LogP contribution in [0.2, 0.25) is 0 Å². The first-order valence-corrected chi connectivity index (χ1v) is 22.5. The molecule has 0 radical (unpaired) electrons. The summed E-state index contributed by atoms with van der Waals surface area (Å²) in [5.74, 6) is -1.24. The number of carbonyl (C=O) groups excluding carboxylic acids is 3. The van der Waals surface area contributed by atoms with Crippen molar-refractivity contribution in [1.29, 1.82) is 0 Å². The molecular weight excluding hydrogens is 813 g/mol. The number of aromatic amines is 2. The van der Waals surface area contributed by atoms with Crippen molar-refractivity contribution in [2.75, 3.05) is 21.3 Å². The first kappa shape index (κ1) is 44.3. The van der Waals surface area contributed by atoms with Gasteiger partial charge in [0.05, 0.1) is 60.8 Å². The normalized spacial score (nSPS) is 11.8. The highest BCUT2D eigenvalue weighted by Gasteiger charge is 2.20. The van der Waals surface area contributed by atoms with E-state index in [0.717, 1.165) is 97.4 Å². The van der Waals surface area contributed by atoms with E-state index < -0.39 is 17.9 Å². The van der Waals surface area contributed by atoms with E-state index in [9.17, 15) is 14.4 Å². The average molecular weight is 867 g/mol. The maximum absolute atomic E-state index is 12.5. The third kappa shape index (κ3) is 9.77. The van der Waals surface area contributed by atoms with Crippen LogP contribution >= 0.6 is 0 Å². The van der Waals surface area contributed by atoms with Crippen molar-refractivity contribution < 1.29 is 28.6 Å². The van der Waals surface area contributed by atoms with Crippen LogP contribution in [0.4, 0.5) is 0 Å². The topological polar surface area (TPSA) is 136 Å². The zero-order chi connectivity index (χ0) is 45.3. The first-order chi connectivity index (χ1) is 31.8. The van der Waals surface area contributed by atoms with Crippen molar-refractivity contribution in [3.63, 3.8) is 0 Å². The van der Waals surface area contributed by atoms with Crippen LogP contribution in [0.15, 0.2) is 97.1 Å². The molecule has 0 spiro atoms. The van der Waals surface area contributed by atoms with Crippen molar-refractivity contribution >= 4 is 64.3 Å².